The maximum absolute atomic E-state index is 10.4. The molecule has 0 aromatic heterocycles. The van der Waals surface area contributed by atoms with Crippen molar-refractivity contribution in [2.75, 3.05) is 39.6 Å². The molecular formula is C9H21ClN2O5. The number of nitrogens with two attached hydrogens (primary N) is 1. The van der Waals surface area contributed by atoms with Crippen LogP contribution in [0.15, 0.2) is 0 Å². The third-order valence-electron chi connectivity index (χ3n) is 1.71. The summed E-state index contributed by atoms with van der Waals surface area (Å²) in [5.41, 5.74) is 2.46. The van der Waals surface area contributed by atoms with Gasteiger partial charge in [-0.3, -0.25) is 11.3 Å². The Morgan fingerprint density at radius 2 is 1.76 bits per heavy atom. The lowest BCUT2D eigenvalue weighted by Crippen LogP contribution is -2.26. The number of halogens is 1. The van der Waals surface area contributed by atoms with Crippen LogP contribution in [0.2, 0.25) is 0 Å². The van der Waals surface area contributed by atoms with E-state index in [-0.39, 0.29) is 19.0 Å². The average molecular weight is 273 g/mol. The summed E-state index contributed by atoms with van der Waals surface area (Å²) >= 11 is 0. The van der Waals surface area contributed by atoms with Crippen LogP contribution in [0.25, 0.3) is 0 Å². The van der Waals surface area contributed by atoms with Crippen LogP contribution in [-0.2, 0) is 19.0 Å². The largest absolute Gasteiger partial charge is 0.479 e. The molecule has 4 N–H and O–H groups in total. The van der Waals surface area contributed by atoms with Crippen molar-refractivity contribution in [3.8, 4) is 0 Å². The quantitative estimate of drug-likeness (QED) is 0.262. The highest BCUT2D eigenvalue weighted by Crippen LogP contribution is 1.90. The first kappa shape index (κ1) is 18.9. The van der Waals surface area contributed by atoms with Crippen molar-refractivity contribution in [3.63, 3.8) is 0 Å². The molecule has 0 aromatic rings. The molecule has 1 unspecified atom stereocenters. The fourth-order valence-electron chi connectivity index (χ4n) is 0.808. The average Bonchev–Trinajstić information content (AvgIpc) is 2.26. The number of carboxylic acid groups (broad SMARTS) is 1. The Kier molecular flexibility index (Phi) is 15.2. The molecule has 0 aliphatic rings. The van der Waals surface area contributed by atoms with Gasteiger partial charge in [0.25, 0.3) is 0 Å². The third-order valence-corrected chi connectivity index (χ3v) is 1.71. The summed E-state index contributed by atoms with van der Waals surface area (Å²) < 4.78 is 15.2. The molecule has 0 bridgehead atoms. The van der Waals surface area contributed by atoms with Crippen molar-refractivity contribution < 1.29 is 24.1 Å². The predicted molar refractivity (Wildman–Crippen MR) is 64.1 cm³/mol. The molecule has 104 valence electrons. The van der Waals surface area contributed by atoms with Gasteiger partial charge in [-0.25, -0.2) is 4.79 Å². The number of aliphatic carboxylic acids is 1. The SMILES string of the molecule is CC(OCCOCCOCCNN)C(=O)O.Cl. The van der Waals surface area contributed by atoms with Crippen LogP contribution in [0, 0.1) is 0 Å². The first-order valence-electron chi connectivity index (χ1n) is 5.12. The zero-order valence-electron chi connectivity index (χ0n) is 9.89. The molecule has 0 amide bonds. The Morgan fingerprint density at radius 3 is 2.29 bits per heavy atom. The van der Waals surface area contributed by atoms with Crippen LogP contribution >= 0.6 is 12.4 Å². The van der Waals surface area contributed by atoms with Crippen molar-refractivity contribution in [1.29, 1.82) is 0 Å². The van der Waals surface area contributed by atoms with Crippen LogP contribution < -0.4 is 11.3 Å². The van der Waals surface area contributed by atoms with E-state index in [4.69, 9.17) is 25.2 Å². The van der Waals surface area contributed by atoms with Gasteiger partial charge in [-0.05, 0) is 6.92 Å². The zero-order valence-corrected chi connectivity index (χ0v) is 10.7. The van der Waals surface area contributed by atoms with E-state index in [1.807, 2.05) is 0 Å². The second-order valence-corrected chi connectivity index (χ2v) is 3.03. The molecule has 0 saturated carbocycles. The predicted octanol–water partition coefficient (Wildman–Crippen LogP) is -0.606. The topological polar surface area (TPSA) is 103 Å². The highest BCUT2D eigenvalue weighted by atomic mass is 35.5. The Labute approximate surface area is 107 Å². The Balaban J connectivity index is 0. The maximum atomic E-state index is 10.4. The van der Waals surface area contributed by atoms with Gasteiger partial charge >= 0.3 is 5.97 Å². The Morgan fingerprint density at radius 1 is 1.24 bits per heavy atom. The van der Waals surface area contributed by atoms with Gasteiger partial charge in [0, 0.05) is 6.54 Å². The standard InChI is InChI=1S/C9H20N2O5.ClH/c1-8(9(12)13)16-7-6-15-5-4-14-3-2-11-10;/h8,11H,2-7,10H2,1H3,(H,12,13);1H. The monoisotopic (exact) mass is 272 g/mol. The fraction of sp³-hybridized carbons (Fsp3) is 0.889. The molecule has 0 aliphatic carbocycles. The smallest absolute Gasteiger partial charge is 0.332 e. The van der Waals surface area contributed by atoms with E-state index in [0.29, 0.717) is 33.0 Å². The summed E-state index contributed by atoms with van der Waals surface area (Å²) in [6.45, 7) is 4.16. The molecule has 0 radical (unpaired) electrons. The molecule has 0 aliphatic heterocycles. The number of carboxylic acids is 1. The molecule has 0 aromatic carbocycles. The van der Waals surface area contributed by atoms with Crippen molar-refractivity contribution >= 4 is 18.4 Å². The van der Waals surface area contributed by atoms with Crippen LogP contribution in [0.4, 0.5) is 0 Å². The number of carbonyl (C=O) groups is 1. The van der Waals surface area contributed by atoms with Gasteiger partial charge < -0.3 is 19.3 Å². The minimum Gasteiger partial charge on any atom is -0.479 e. The summed E-state index contributed by atoms with van der Waals surface area (Å²) in [5, 5.41) is 8.50. The number of hydrazine groups is 1. The number of hydrogen-bond donors (Lipinski definition) is 3. The van der Waals surface area contributed by atoms with E-state index in [2.05, 4.69) is 5.43 Å². The molecule has 0 fully saturated rings. The van der Waals surface area contributed by atoms with E-state index in [0.717, 1.165) is 0 Å². The molecule has 17 heavy (non-hydrogen) atoms. The number of rotatable bonds is 11. The minimum absolute atomic E-state index is 0. The highest BCUT2D eigenvalue weighted by molar-refractivity contribution is 5.85. The van der Waals surface area contributed by atoms with E-state index >= 15 is 0 Å². The number of nitrogens with one attached hydrogen (secondary N) is 1. The van der Waals surface area contributed by atoms with E-state index < -0.39 is 12.1 Å². The molecule has 8 heteroatoms. The van der Waals surface area contributed by atoms with Gasteiger partial charge in [0.15, 0.2) is 6.10 Å². The lowest BCUT2D eigenvalue weighted by molar-refractivity contribution is -0.150. The highest BCUT2D eigenvalue weighted by Gasteiger charge is 2.09. The van der Waals surface area contributed by atoms with Crippen LogP contribution in [0.5, 0.6) is 0 Å². The molecular weight excluding hydrogens is 252 g/mol. The van der Waals surface area contributed by atoms with Crippen LogP contribution in [0.1, 0.15) is 6.92 Å². The van der Waals surface area contributed by atoms with Gasteiger partial charge in [-0.2, -0.15) is 0 Å². The van der Waals surface area contributed by atoms with Gasteiger partial charge in [0.2, 0.25) is 0 Å². The van der Waals surface area contributed by atoms with Crippen molar-refractivity contribution in [2.24, 2.45) is 5.84 Å². The molecule has 0 saturated heterocycles. The van der Waals surface area contributed by atoms with E-state index in [9.17, 15) is 4.79 Å². The number of ether oxygens (including phenoxy) is 3. The molecule has 0 heterocycles. The Hall–Kier alpha value is -0.440. The minimum atomic E-state index is -0.974. The van der Waals surface area contributed by atoms with E-state index in [1.165, 1.54) is 6.92 Å². The maximum Gasteiger partial charge on any atom is 0.332 e. The molecule has 0 rings (SSSR count). The first-order chi connectivity index (χ1) is 7.68. The summed E-state index contributed by atoms with van der Waals surface area (Å²) in [4.78, 5) is 10.4. The fourth-order valence-corrected chi connectivity index (χ4v) is 0.808. The second-order valence-electron chi connectivity index (χ2n) is 3.03. The van der Waals surface area contributed by atoms with Gasteiger partial charge in [-0.15, -0.1) is 12.4 Å². The van der Waals surface area contributed by atoms with Gasteiger partial charge in [0.1, 0.15) is 0 Å². The van der Waals surface area contributed by atoms with Gasteiger partial charge in [0.05, 0.1) is 33.0 Å². The molecule has 0 spiro atoms. The van der Waals surface area contributed by atoms with Crippen LogP contribution in [0.3, 0.4) is 0 Å². The Bertz CT molecular complexity index is 185. The van der Waals surface area contributed by atoms with Crippen LogP contribution in [-0.4, -0.2) is 56.8 Å². The summed E-state index contributed by atoms with van der Waals surface area (Å²) in [6.07, 6.45) is -0.796. The molecule has 7 nitrogen and oxygen atoms in total. The lowest BCUT2D eigenvalue weighted by Gasteiger charge is -2.09. The van der Waals surface area contributed by atoms with Crippen molar-refractivity contribution in [2.45, 2.75) is 13.0 Å². The first-order valence-corrected chi connectivity index (χ1v) is 5.12. The van der Waals surface area contributed by atoms with Crippen molar-refractivity contribution in [1.82, 2.24) is 5.43 Å². The summed E-state index contributed by atoms with van der Waals surface area (Å²) in [5.74, 6) is 4.06. The third kappa shape index (κ3) is 13.5. The zero-order chi connectivity index (χ0) is 12.2. The summed E-state index contributed by atoms with van der Waals surface area (Å²) in [6, 6.07) is 0. The molecule has 1 atom stereocenters. The normalized spacial score (nSPS) is 11.9. The number of hydrogen-bond acceptors (Lipinski definition) is 6. The van der Waals surface area contributed by atoms with Crippen molar-refractivity contribution in [3.05, 3.63) is 0 Å². The second kappa shape index (κ2) is 13.6. The van der Waals surface area contributed by atoms with Gasteiger partial charge in [-0.1, -0.05) is 0 Å². The van der Waals surface area contributed by atoms with E-state index in [1.54, 1.807) is 0 Å². The summed E-state index contributed by atoms with van der Waals surface area (Å²) in [7, 11) is 0. The lowest BCUT2D eigenvalue weighted by atomic mass is 10.4.